The monoisotopic (exact) mass is 375 g/mol. The average Bonchev–Trinajstić information content (AvgIpc) is 2.96. The predicted molar refractivity (Wildman–Crippen MR) is 113 cm³/mol. The van der Waals surface area contributed by atoms with Crippen LogP contribution in [0.5, 0.6) is 0 Å². The molecule has 0 spiro atoms. The molecule has 0 atom stereocenters. The Kier molecular flexibility index (Phi) is 5.02. The number of nitrogens with zero attached hydrogens (tertiary/aromatic N) is 1. The smallest absolute Gasteiger partial charge is 0.0610 e. The van der Waals surface area contributed by atoms with E-state index in [1.54, 1.807) is 0 Å². The van der Waals surface area contributed by atoms with Crippen LogP contribution < -0.4 is 0 Å². The lowest BCUT2D eigenvalue weighted by Gasteiger charge is -2.20. The van der Waals surface area contributed by atoms with Crippen LogP contribution in [0.1, 0.15) is 28.3 Å². The molecule has 4 rings (SSSR count). The van der Waals surface area contributed by atoms with Crippen LogP contribution in [0.3, 0.4) is 0 Å². The second kappa shape index (κ2) is 7.59. The summed E-state index contributed by atoms with van der Waals surface area (Å²) in [5, 5.41) is 11.5. The molecule has 0 saturated heterocycles. The SMILES string of the molecule is Cc1c(C(c2ccccc2)c2ccccc2)c2cc(Cl)ccc2n1CCO. The third-order valence-electron chi connectivity index (χ3n) is 5.21. The summed E-state index contributed by atoms with van der Waals surface area (Å²) in [5.41, 5.74) is 6.01. The quantitative estimate of drug-likeness (QED) is 0.470. The Morgan fingerprint density at radius 2 is 1.48 bits per heavy atom. The minimum Gasteiger partial charge on any atom is -0.395 e. The number of hydrogen-bond acceptors (Lipinski definition) is 1. The zero-order valence-corrected chi connectivity index (χ0v) is 16.0. The number of halogens is 1. The molecule has 0 aliphatic heterocycles. The summed E-state index contributed by atoms with van der Waals surface area (Å²) in [4.78, 5) is 0. The van der Waals surface area contributed by atoms with E-state index < -0.39 is 0 Å². The average molecular weight is 376 g/mol. The first-order valence-corrected chi connectivity index (χ1v) is 9.57. The molecule has 1 N–H and O–H groups in total. The summed E-state index contributed by atoms with van der Waals surface area (Å²) in [6.07, 6.45) is 0. The maximum absolute atomic E-state index is 9.59. The maximum atomic E-state index is 9.59. The molecule has 4 aromatic rings. The zero-order chi connectivity index (χ0) is 18.8. The van der Waals surface area contributed by atoms with E-state index in [1.807, 2.05) is 24.3 Å². The molecule has 3 heteroatoms. The molecule has 1 heterocycles. The Bertz CT molecular complexity index is 1010. The molecule has 3 aromatic carbocycles. The van der Waals surface area contributed by atoms with Gasteiger partial charge in [-0.3, -0.25) is 0 Å². The third kappa shape index (κ3) is 3.27. The highest BCUT2D eigenvalue weighted by atomic mass is 35.5. The molecule has 0 bridgehead atoms. The van der Waals surface area contributed by atoms with Crippen LogP contribution in [0.2, 0.25) is 5.02 Å². The fraction of sp³-hybridized carbons (Fsp3) is 0.167. The van der Waals surface area contributed by atoms with Crippen molar-refractivity contribution in [2.24, 2.45) is 0 Å². The summed E-state index contributed by atoms with van der Waals surface area (Å²) in [6.45, 7) is 2.81. The second-order valence-electron chi connectivity index (χ2n) is 6.79. The fourth-order valence-electron chi connectivity index (χ4n) is 4.05. The molecule has 0 aliphatic carbocycles. The highest BCUT2D eigenvalue weighted by molar-refractivity contribution is 6.31. The van der Waals surface area contributed by atoms with Crippen molar-refractivity contribution in [3.63, 3.8) is 0 Å². The normalized spacial score (nSPS) is 11.4. The number of hydrogen-bond donors (Lipinski definition) is 1. The highest BCUT2D eigenvalue weighted by Crippen LogP contribution is 2.40. The summed E-state index contributed by atoms with van der Waals surface area (Å²) in [5.74, 6) is 0.105. The van der Waals surface area contributed by atoms with Gasteiger partial charge in [0.25, 0.3) is 0 Å². The fourth-order valence-corrected chi connectivity index (χ4v) is 4.22. The van der Waals surface area contributed by atoms with E-state index in [0.717, 1.165) is 15.9 Å². The van der Waals surface area contributed by atoms with E-state index in [4.69, 9.17) is 11.6 Å². The molecule has 2 nitrogen and oxygen atoms in total. The Hall–Kier alpha value is -2.55. The lowest BCUT2D eigenvalue weighted by molar-refractivity contribution is 0.277. The number of rotatable bonds is 5. The molecule has 136 valence electrons. The molecule has 0 amide bonds. The maximum Gasteiger partial charge on any atom is 0.0610 e. The van der Waals surface area contributed by atoms with Gasteiger partial charge in [-0.05, 0) is 41.8 Å². The summed E-state index contributed by atoms with van der Waals surface area (Å²) in [7, 11) is 0. The summed E-state index contributed by atoms with van der Waals surface area (Å²) >= 11 is 6.37. The molecular weight excluding hydrogens is 354 g/mol. The molecule has 0 saturated carbocycles. The number of fused-ring (bicyclic) bond motifs is 1. The topological polar surface area (TPSA) is 25.2 Å². The Labute approximate surface area is 164 Å². The number of aliphatic hydroxyl groups is 1. The van der Waals surface area contributed by atoms with Gasteiger partial charge >= 0.3 is 0 Å². The molecule has 0 radical (unpaired) electrons. The van der Waals surface area contributed by atoms with Gasteiger partial charge in [0.15, 0.2) is 0 Å². The van der Waals surface area contributed by atoms with Gasteiger partial charge in [-0.1, -0.05) is 72.3 Å². The molecule has 0 fully saturated rings. The van der Waals surface area contributed by atoms with Crippen LogP contribution in [0, 0.1) is 6.92 Å². The lowest BCUT2D eigenvalue weighted by Crippen LogP contribution is -2.08. The van der Waals surface area contributed by atoms with Gasteiger partial charge in [-0.15, -0.1) is 0 Å². The molecular formula is C24H22ClNO. The van der Waals surface area contributed by atoms with Crippen molar-refractivity contribution in [2.75, 3.05) is 6.61 Å². The van der Waals surface area contributed by atoms with Crippen molar-refractivity contribution >= 4 is 22.5 Å². The van der Waals surface area contributed by atoms with E-state index in [2.05, 4.69) is 66.1 Å². The van der Waals surface area contributed by atoms with Gasteiger partial charge in [0.2, 0.25) is 0 Å². The zero-order valence-electron chi connectivity index (χ0n) is 15.3. The van der Waals surface area contributed by atoms with Crippen molar-refractivity contribution < 1.29 is 5.11 Å². The van der Waals surface area contributed by atoms with Gasteiger partial charge in [0, 0.05) is 34.1 Å². The van der Waals surface area contributed by atoms with E-state index in [-0.39, 0.29) is 12.5 Å². The van der Waals surface area contributed by atoms with Crippen LogP contribution >= 0.6 is 11.6 Å². The van der Waals surface area contributed by atoms with Crippen molar-refractivity contribution in [2.45, 2.75) is 19.4 Å². The number of benzene rings is 3. The number of aliphatic hydroxyl groups excluding tert-OH is 1. The molecule has 27 heavy (non-hydrogen) atoms. The minimum atomic E-state index is 0.105. The third-order valence-corrected chi connectivity index (χ3v) is 5.45. The Balaban J connectivity index is 2.05. The van der Waals surface area contributed by atoms with Crippen LogP contribution in [-0.4, -0.2) is 16.3 Å². The van der Waals surface area contributed by atoms with Crippen molar-refractivity contribution in [1.29, 1.82) is 0 Å². The Morgan fingerprint density at radius 3 is 2.04 bits per heavy atom. The Morgan fingerprint density at radius 1 is 0.889 bits per heavy atom. The lowest BCUT2D eigenvalue weighted by atomic mass is 9.84. The molecule has 1 aromatic heterocycles. The minimum absolute atomic E-state index is 0.105. The van der Waals surface area contributed by atoms with Crippen LogP contribution in [-0.2, 0) is 6.54 Å². The van der Waals surface area contributed by atoms with E-state index in [9.17, 15) is 5.11 Å². The summed E-state index contributed by atoms with van der Waals surface area (Å²) < 4.78 is 2.19. The van der Waals surface area contributed by atoms with E-state index in [0.29, 0.717) is 6.54 Å². The first-order chi connectivity index (χ1) is 13.2. The van der Waals surface area contributed by atoms with Crippen LogP contribution in [0.25, 0.3) is 10.9 Å². The van der Waals surface area contributed by atoms with Gasteiger partial charge in [-0.25, -0.2) is 0 Å². The standard InChI is InChI=1S/C24H22ClNO/c1-17-23(21-16-20(25)12-13-22(21)26(17)14-15-27)24(18-8-4-2-5-9-18)19-10-6-3-7-11-19/h2-13,16,24,27H,14-15H2,1H3. The van der Waals surface area contributed by atoms with Crippen molar-refractivity contribution in [1.82, 2.24) is 4.57 Å². The van der Waals surface area contributed by atoms with E-state index in [1.165, 1.54) is 22.4 Å². The first-order valence-electron chi connectivity index (χ1n) is 9.19. The largest absolute Gasteiger partial charge is 0.395 e. The van der Waals surface area contributed by atoms with Gasteiger partial charge < -0.3 is 9.67 Å². The van der Waals surface area contributed by atoms with Crippen molar-refractivity contribution in [3.8, 4) is 0 Å². The van der Waals surface area contributed by atoms with Crippen LogP contribution in [0.15, 0.2) is 78.9 Å². The predicted octanol–water partition coefficient (Wildman–Crippen LogP) is 5.78. The summed E-state index contributed by atoms with van der Waals surface area (Å²) in [6, 6.07) is 27.2. The van der Waals surface area contributed by atoms with Crippen molar-refractivity contribution in [3.05, 3.63) is 106 Å². The van der Waals surface area contributed by atoms with E-state index >= 15 is 0 Å². The van der Waals surface area contributed by atoms with Crippen LogP contribution in [0.4, 0.5) is 0 Å². The van der Waals surface area contributed by atoms with Gasteiger partial charge in [0.05, 0.1) is 6.61 Å². The highest BCUT2D eigenvalue weighted by Gasteiger charge is 2.24. The first kappa shape index (κ1) is 17.8. The second-order valence-corrected chi connectivity index (χ2v) is 7.23. The van der Waals surface area contributed by atoms with Gasteiger partial charge in [-0.2, -0.15) is 0 Å². The van der Waals surface area contributed by atoms with Gasteiger partial charge in [0.1, 0.15) is 0 Å². The molecule has 0 aliphatic rings. The molecule has 0 unspecified atom stereocenters. The number of aromatic nitrogens is 1.